The zero-order valence-corrected chi connectivity index (χ0v) is 15.6. The maximum Gasteiger partial charge on any atom is 0.503 e. The van der Waals surface area contributed by atoms with Crippen LogP contribution >= 0.6 is 0 Å². The van der Waals surface area contributed by atoms with Crippen LogP contribution in [-0.2, 0) is 0 Å². The minimum absolute atomic E-state index is 0. The molecule has 189 valence electrons. The average molecular weight is 479 g/mol. The van der Waals surface area contributed by atoms with E-state index in [1.54, 1.807) is 0 Å². The molecule has 0 fully saturated rings. The summed E-state index contributed by atoms with van der Waals surface area (Å²) in [6.45, 7) is 0. The van der Waals surface area contributed by atoms with Crippen LogP contribution < -0.4 is 0 Å². The van der Waals surface area contributed by atoms with E-state index in [9.17, 15) is 0 Å². The molecular formula is C10H23O21. The van der Waals surface area contributed by atoms with Crippen LogP contribution in [0, 0.1) is 22.3 Å². The van der Waals surface area contributed by atoms with Crippen molar-refractivity contribution in [2.45, 2.75) is 0 Å². The number of hydrogen-bond donors (Lipinski definition) is 14. The first kappa shape index (κ1) is 63.5. The summed E-state index contributed by atoms with van der Waals surface area (Å²) >= 11 is 0. The summed E-state index contributed by atoms with van der Waals surface area (Å²) in [4.78, 5) is 59.9. The molecule has 0 spiro atoms. The van der Waals surface area contributed by atoms with Crippen LogP contribution in [0.15, 0.2) is 0 Å². The van der Waals surface area contributed by atoms with Gasteiger partial charge in [-0.25, -0.2) is 33.6 Å². The van der Waals surface area contributed by atoms with E-state index in [1.807, 2.05) is 0 Å². The van der Waals surface area contributed by atoms with Gasteiger partial charge in [0, 0.05) is 0 Å². The molecular weight excluding hydrogens is 456 g/mol. The van der Waals surface area contributed by atoms with Crippen LogP contribution in [0.4, 0.5) is 33.6 Å². The van der Waals surface area contributed by atoms with Gasteiger partial charge in [-0.2, -0.15) is 0 Å². The molecule has 0 saturated carbocycles. The second-order valence-electron chi connectivity index (χ2n) is 1.98. The van der Waals surface area contributed by atoms with Gasteiger partial charge < -0.3 is 71.5 Å². The summed E-state index contributed by atoms with van der Waals surface area (Å²) in [5.74, 6) is 0. The second-order valence-corrected chi connectivity index (χ2v) is 1.98. The molecule has 0 amide bonds. The third-order valence-corrected chi connectivity index (χ3v) is 0. The molecule has 0 aromatic carbocycles. The van der Waals surface area contributed by atoms with Crippen molar-refractivity contribution in [2.24, 2.45) is 0 Å². The highest BCUT2D eigenvalue weighted by Crippen LogP contribution is 1.45. The Bertz CT molecular complexity index is 307. The van der Waals surface area contributed by atoms with Gasteiger partial charge in [-0.15, -0.1) is 0 Å². The Labute approximate surface area is 171 Å². The molecule has 0 aromatic heterocycles. The highest BCUT2D eigenvalue weighted by molar-refractivity contribution is 5.54. The fraction of sp³-hybridized carbons (Fsp3) is 0. The largest absolute Gasteiger partial charge is 0.503 e. The smallest absolute Gasteiger partial charge is 0.450 e. The maximum absolute atomic E-state index is 8.56. The Hall–Kier alpha value is -5.11. The lowest BCUT2D eigenvalue weighted by atomic mass is 11.5. The van der Waals surface area contributed by atoms with E-state index in [0.717, 1.165) is 0 Å². The second kappa shape index (κ2) is 56.3. The third-order valence-electron chi connectivity index (χ3n) is 0. The van der Waals surface area contributed by atoms with Crippen LogP contribution in [0.1, 0.15) is 0 Å². The Morgan fingerprint density at radius 1 is 0.226 bits per heavy atom. The van der Waals surface area contributed by atoms with E-state index < -0.39 is 43.1 Å². The van der Waals surface area contributed by atoms with Crippen LogP contribution in [0.3, 0.4) is 0 Å². The summed E-state index contributed by atoms with van der Waals surface area (Å²) in [6, 6.07) is 0. The molecule has 0 aliphatic carbocycles. The first-order valence-electron chi connectivity index (χ1n) is 4.56. The molecule has 0 bridgehead atoms. The Kier molecular flexibility index (Phi) is 115. The Balaban J connectivity index is -0.0000000204. The Morgan fingerprint density at radius 2 is 0.226 bits per heavy atom. The molecule has 3 radical (unpaired) electrons. The summed E-state index contributed by atoms with van der Waals surface area (Å²) in [5, 5.41) is 97.6. The van der Waals surface area contributed by atoms with E-state index in [-0.39, 0.29) is 22.3 Å². The van der Waals surface area contributed by atoms with Crippen molar-refractivity contribution in [3.63, 3.8) is 0 Å². The van der Waals surface area contributed by atoms with Gasteiger partial charge in [0.05, 0.1) is 0 Å². The number of rotatable bonds is 0. The van der Waals surface area contributed by atoms with Crippen molar-refractivity contribution in [1.82, 2.24) is 0 Å². The van der Waals surface area contributed by atoms with Gasteiger partial charge in [0.15, 0.2) is 0 Å². The predicted octanol–water partition coefficient (Wildman–Crippen LogP) is 2.91. The van der Waals surface area contributed by atoms with E-state index in [2.05, 4.69) is 0 Å². The number of carboxylic acid groups (broad SMARTS) is 14. The van der Waals surface area contributed by atoms with Gasteiger partial charge in [-0.05, 0) is 0 Å². The van der Waals surface area contributed by atoms with E-state index in [1.165, 1.54) is 0 Å². The van der Waals surface area contributed by atoms with Crippen molar-refractivity contribution in [1.29, 1.82) is 0 Å². The van der Waals surface area contributed by atoms with Crippen molar-refractivity contribution >= 4 is 43.1 Å². The van der Waals surface area contributed by atoms with Crippen molar-refractivity contribution in [3.8, 4) is 0 Å². The standard InChI is InChI=1S/7CH2O3.3CH3/c7*2-1(3)4;;;/h7*(H2,2,3,4);3*1H3. The molecule has 31 heavy (non-hydrogen) atoms. The Morgan fingerprint density at radius 3 is 0.226 bits per heavy atom. The minimum atomic E-state index is -1.83. The van der Waals surface area contributed by atoms with E-state index in [4.69, 9.17) is 105 Å². The van der Waals surface area contributed by atoms with Crippen molar-refractivity contribution < 1.29 is 105 Å². The predicted molar refractivity (Wildman–Crippen MR) is 93.8 cm³/mol. The number of carbonyl (C=O) groups is 7. The van der Waals surface area contributed by atoms with Gasteiger partial charge >= 0.3 is 43.1 Å². The molecule has 21 nitrogen and oxygen atoms in total. The van der Waals surface area contributed by atoms with Gasteiger partial charge in [0.2, 0.25) is 0 Å². The average Bonchev–Trinajstić information content (AvgIpc) is 2.20. The monoisotopic (exact) mass is 479 g/mol. The number of hydrogen-bond acceptors (Lipinski definition) is 7. The normalized spacial score (nSPS) is 5.42. The highest BCUT2D eigenvalue weighted by Gasteiger charge is 1.72. The zero-order chi connectivity index (χ0) is 25.0. The topological polar surface area (TPSA) is 403 Å². The van der Waals surface area contributed by atoms with Crippen LogP contribution in [0.5, 0.6) is 0 Å². The fourth-order valence-corrected chi connectivity index (χ4v) is 0. The van der Waals surface area contributed by atoms with Gasteiger partial charge in [0.25, 0.3) is 0 Å². The summed E-state index contributed by atoms with van der Waals surface area (Å²) in [5.41, 5.74) is 0. The molecule has 21 heteroatoms. The van der Waals surface area contributed by atoms with Crippen molar-refractivity contribution in [2.75, 3.05) is 0 Å². The van der Waals surface area contributed by atoms with E-state index >= 15 is 0 Å². The molecule has 0 saturated heterocycles. The molecule has 0 unspecified atom stereocenters. The fourth-order valence-electron chi connectivity index (χ4n) is 0. The van der Waals surface area contributed by atoms with Crippen LogP contribution in [0.2, 0.25) is 0 Å². The quantitative estimate of drug-likeness (QED) is 0.237. The third kappa shape index (κ3) is 499. The molecule has 14 N–H and O–H groups in total. The van der Waals surface area contributed by atoms with Gasteiger partial charge in [-0.3, -0.25) is 0 Å². The molecule has 0 aromatic rings. The van der Waals surface area contributed by atoms with E-state index in [0.29, 0.717) is 0 Å². The van der Waals surface area contributed by atoms with Crippen molar-refractivity contribution in [3.05, 3.63) is 22.3 Å². The molecule has 0 rings (SSSR count). The minimum Gasteiger partial charge on any atom is -0.450 e. The molecule has 0 aliphatic rings. The van der Waals surface area contributed by atoms with Crippen LogP contribution in [-0.4, -0.2) is 115 Å². The van der Waals surface area contributed by atoms with Crippen LogP contribution in [0.25, 0.3) is 0 Å². The SMILES string of the molecule is O=C(O)O.O=C(O)O.O=C(O)O.O=C(O)O.O=C(O)O.O=C(O)O.O=C(O)O.[CH3].[CH3].[CH3]. The lowest BCUT2D eigenvalue weighted by molar-refractivity contribution is 0.135. The maximum atomic E-state index is 8.56. The first-order chi connectivity index (χ1) is 12.1. The summed E-state index contributed by atoms with van der Waals surface area (Å²) < 4.78 is 0. The molecule has 0 atom stereocenters. The first-order valence-corrected chi connectivity index (χ1v) is 4.56. The van der Waals surface area contributed by atoms with Gasteiger partial charge in [-0.1, -0.05) is 22.3 Å². The zero-order valence-electron chi connectivity index (χ0n) is 15.6. The highest BCUT2D eigenvalue weighted by atomic mass is 16.6. The molecule has 0 aliphatic heterocycles. The van der Waals surface area contributed by atoms with Gasteiger partial charge in [0.1, 0.15) is 0 Å². The summed E-state index contributed by atoms with van der Waals surface area (Å²) in [6.07, 6.45) is -12.8. The lowest BCUT2D eigenvalue weighted by Gasteiger charge is -1.60. The summed E-state index contributed by atoms with van der Waals surface area (Å²) in [7, 11) is 0. The lowest BCUT2D eigenvalue weighted by Crippen LogP contribution is -1.81. The molecule has 0 heterocycles.